The van der Waals surface area contributed by atoms with Crippen molar-refractivity contribution in [1.82, 2.24) is 0 Å². The molecule has 92 valence electrons. The van der Waals surface area contributed by atoms with Gasteiger partial charge in [0.2, 0.25) is 0 Å². The molecule has 0 saturated heterocycles. The first-order valence-corrected chi connectivity index (χ1v) is 6.84. The van der Waals surface area contributed by atoms with Crippen molar-refractivity contribution in [2.24, 2.45) is 11.7 Å². The standard InChI is InChI=1S/C15H20ClN/c16-15-9-5-4-8-13(15)10-14(11-17)12-6-2-1-3-7-12/h4-5,8-10,12H,1-3,6-7,11,17H2. The van der Waals surface area contributed by atoms with E-state index in [4.69, 9.17) is 17.3 Å². The molecule has 0 aliphatic heterocycles. The maximum Gasteiger partial charge on any atom is 0.0478 e. The molecule has 0 heterocycles. The van der Waals surface area contributed by atoms with Gasteiger partial charge in [-0.1, -0.05) is 60.7 Å². The number of hydrogen-bond acceptors (Lipinski definition) is 1. The minimum atomic E-state index is 0.649. The molecule has 2 heteroatoms. The molecule has 0 radical (unpaired) electrons. The Morgan fingerprint density at radius 1 is 1.24 bits per heavy atom. The molecule has 1 nitrogen and oxygen atoms in total. The molecule has 17 heavy (non-hydrogen) atoms. The highest BCUT2D eigenvalue weighted by atomic mass is 35.5. The van der Waals surface area contributed by atoms with Gasteiger partial charge >= 0.3 is 0 Å². The van der Waals surface area contributed by atoms with E-state index in [0.29, 0.717) is 12.5 Å². The molecule has 2 rings (SSSR count). The van der Waals surface area contributed by atoms with Crippen LogP contribution in [0.1, 0.15) is 37.7 Å². The maximum absolute atomic E-state index is 6.18. The summed E-state index contributed by atoms with van der Waals surface area (Å²) in [4.78, 5) is 0. The molecule has 1 aromatic carbocycles. The van der Waals surface area contributed by atoms with Gasteiger partial charge in [-0.15, -0.1) is 0 Å². The third kappa shape index (κ3) is 3.34. The number of benzene rings is 1. The van der Waals surface area contributed by atoms with Crippen LogP contribution in [0.15, 0.2) is 29.8 Å². The Hall–Kier alpha value is -0.790. The fraction of sp³-hybridized carbons (Fsp3) is 0.467. The summed E-state index contributed by atoms with van der Waals surface area (Å²) in [6, 6.07) is 7.97. The summed E-state index contributed by atoms with van der Waals surface area (Å²) in [6.45, 7) is 0.649. The second-order valence-corrected chi connectivity index (χ2v) is 5.19. The van der Waals surface area contributed by atoms with Crippen molar-refractivity contribution in [1.29, 1.82) is 0 Å². The predicted molar refractivity (Wildman–Crippen MR) is 75.1 cm³/mol. The van der Waals surface area contributed by atoms with Gasteiger partial charge in [0.05, 0.1) is 0 Å². The van der Waals surface area contributed by atoms with Crippen LogP contribution in [0.2, 0.25) is 5.02 Å². The molecule has 1 saturated carbocycles. The van der Waals surface area contributed by atoms with Crippen molar-refractivity contribution in [3.63, 3.8) is 0 Å². The lowest BCUT2D eigenvalue weighted by Crippen LogP contribution is -2.16. The van der Waals surface area contributed by atoms with Crippen LogP contribution >= 0.6 is 11.6 Å². The van der Waals surface area contributed by atoms with Gasteiger partial charge in [-0.05, 0) is 30.4 Å². The van der Waals surface area contributed by atoms with Crippen LogP contribution in [0.3, 0.4) is 0 Å². The highest BCUT2D eigenvalue weighted by Crippen LogP contribution is 2.31. The Morgan fingerprint density at radius 3 is 2.59 bits per heavy atom. The molecule has 1 fully saturated rings. The average Bonchev–Trinajstić information content (AvgIpc) is 2.39. The molecule has 0 unspecified atom stereocenters. The van der Waals surface area contributed by atoms with Gasteiger partial charge in [0.25, 0.3) is 0 Å². The summed E-state index contributed by atoms with van der Waals surface area (Å²) in [5.74, 6) is 0.671. The Labute approximate surface area is 109 Å². The fourth-order valence-electron chi connectivity index (χ4n) is 2.61. The molecule has 1 aromatic rings. The first kappa shape index (κ1) is 12.7. The zero-order valence-corrected chi connectivity index (χ0v) is 10.9. The predicted octanol–water partition coefficient (Wildman–Crippen LogP) is 4.26. The van der Waals surface area contributed by atoms with E-state index in [1.54, 1.807) is 0 Å². The molecule has 0 amide bonds. The summed E-state index contributed by atoms with van der Waals surface area (Å²) < 4.78 is 0. The SMILES string of the molecule is NCC(=Cc1ccccc1Cl)C1CCCCC1. The number of rotatable bonds is 3. The Balaban J connectivity index is 2.19. The van der Waals surface area contributed by atoms with Crippen molar-refractivity contribution < 1.29 is 0 Å². The first-order valence-electron chi connectivity index (χ1n) is 6.46. The Kier molecular flexibility index (Phi) is 4.64. The van der Waals surface area contributed by atoms with E-state index in [1.165, 1.54) is 37.7 Å². The van der Waals surface area contributed by atoms with Crippen molar-refractivity contribution in [2.75, 3.05) is 6.54 Å². The average molecular weight is 250 g/mol. The lowest BCUT2D eigenvalue weighted by Gasteiger charge is -2.24. The molecule has 0 bridgehead atoms. The first-order chi connectivity index (χ1) is 8.31. The summed E-state index contributed by atoms with van der Waals surface area (Å²) in [5.41, 5.74) is 8.35. The van der Waals surface area contributed by atoms with Gasteiger partial charge in [-0.3, -0.25) is 0 Å². The molecule has 0 atom stereocenters. The van der Waals surface area contributed by atoms with Crippen molar-refractivity contribution in [2.45, 2.75) is 32.1 Å². The van der Waals surface area contributed by atoms with Gasteiger partial charge in [-0.25, -0.2) is 0 Å². The highest BCUT2D eigenvalue weighted by molar-refractivity contribution is 6.32. The van der Waals surface area contributed by atoms with Gasteiger partial charge in [0.15, 0.2) is 0 Å². The Bertz CT molecular complexity index is 392. The number of hydrogen-bond donors (Lipinski definition) is 1. The largest absolute Gasteiger partial charge is 0.327 e. The maximum atomic E-state index is 6.18. The van der Waals surface area contributed by atoms with Crippen LogP contribution in [0.25, 0.3) is 6.08 Å². The van der Waals surface area contributed by atoms with Crippen LogP contribution in [-0.4, -0.2) is 6.54 Å². The zero-order valence-electron chi connectivity index (χ0n) is 10.2. The van der Waals surface area contributed by atoms with Crippen LogP contribution in [-0.2, 0) is 0 Å². The van der Waals surface area contributed by atoms with Gasteiger partial charge in [-0.2, -0.15) is 0 Å². The third-order valence-corrected chi connectivity index (χ3v) is 3.96. The molecular weight excluding hydrogens is 230 g/mol. The molecular formula is C15H20ClN. The molecule has 1 aliphatic carbocycles. The van der Waals surface area contributed by atoms with Crippen molar-refractivity contribution in [3.05, 3.63) is 40.4 Å². The minimum absolute atomic E-state index is 0.649. The van der Waals surface area contributed by atoms with Crippen LogP contribution in [0.5, 0.6) is 0 Å². The minimum Gasteiger partial charge on any atom is -0.327 e. The second-order valence-electron chi connectivity index (χ2n) is 4.78. The topological polar surface area (TPSA) is 26.0 Å². The molecule has 1 aliphatic rings. The van der Waals surface area contributed by atoms with Crippen molar-refractivity contribution >= 4 is 17.7 Å². The van der Waals surface area contributed by atoms with Crippen LogP contribution in [0, 0.1) is 5.92 Å². The summed E-state index contributed by atoms with van der Waals surface area (Å²) in [6.07, 6.45) is 8.81. The van der Waals surface area contributed by atoms with E-state index in [2.05, 4.69) is 12.1 Å². The van der Waals surface area contributed by atoms with E-state index in [0.717, 1.165) is 10.6 Å². The van der Waals surface area contributed by atoms with E-state index < -0.39 is 0 Å². The number of nitrogens with two attached hydrogens (primary N) is 1. The highest BCUT2D eigenvalue weighted by Gasteiger charge is 2.16. The summed E-state index contributed by atoms with van der Waals surface area (Å²) in [7, 11) is 0. The van der Waals surface area contributed by atoms with Gasteiger partial charge in [0, 0.05) is 11.6 Å². The smallest absolute Gasteiger partial charge is 0.0478 e. The van der Waals surface area contributed by atoms with E-state index in [9.17, 15) is 0 Å². The second kappa shape index (κ2) is 6.23. The van der Waals surface area contributed by atoms with E-state index in [-0.39, 0.29) is 0 Å². The lowest BCUT2D eigenvalue weighted by atomic mass is 9.83. The van der Waals surface area contributed by atoms with E-state index in [1.807, 2.05) is 18.2 Å². The summed E-state index contributed by atoms with van der Waals surface area (Å²) >= 11 is 6.18. The summed E-state index contributed by atoms with van der Waals surface area (Å²) in [5, 5.41) is 0.814. The molecule has 0 aromatic heterocycles. The van der Waals surface area contributed by atoms with Crippen LogP contribution in [0.4, 0.5) is 0 Å². The Morgan fingerprint density at radius 2 is 1.94 bits per heavy atom. The lowest BCUT2D eigenvalue weighted by molar-refractivity contribution is 0.401. The zero-order chi connectivity index (χ0) is 12.1. The molecule has 0 spiro atoms. The van der Waals surface area contributed by atoms with E-state index >= 15 is 0 Å². The fourth-order valence-corrected chi connectivity index (χ4v) is 2.80. The van der Waals surface area contributed by atoms with Crippen LogP contribution < -0.4 is 5.73 Å². The molecule has 2 N–H and O–H groups in total. The third-order valence-electron chi connectivity index (χ3n) is 3.61. The number of halogens is 1. The normalized spacial score (nSPS) is 18.4. The monoisotopic (exact) mass is 249 g/mol. The van der Waals surface area contributed by atoms with Gasteiger partial charge < -0.3 is 5.73 Å². The van der Waals surface area contributed by atoms with Crippen molar-refractivity contribution in [3.8, 4) is 0 Å². The van der Waals surface area contributed by atoms with Gasteiger partial charge in [0.1, 0.15) is 0 Å². The quantitative estimate of drug-likeness (QED) is 0.851.